The van der Waals surface area contributed by atoms with Crippen molar-refractivity contribution in [2.24, 2.45) is 5.73 Å². The molecule has 0 fully saturated rings. The van der Waals surface area contributed by atoms with Gasteiger partial charge in [0.2, 0.25) is 0 Å². The van der Waals surface area contributed by atoms with E-state index in [2.05, 4.69) is 44.8 Å². The van der Waals surface area contributed by atoms with E-state index in [1.165, 1.54) is 5.56 Å². The summed E-state index contributed by atoms with van der Waals surface area (Å²) in [4.78, 5) is 0. The summed E-state index contributed by atoms with van der Waals surface area (Å²) in [5.41, 5.74) is 7.05. The average molecular weight is 293 g/mol. The van der Waals surface area contributed by atoms with Crippen LogP contribution in [-0.4, -0.2) is 0 Å². The molecule has 12 heavy (non-hydrogen) atoms. The number of benzene rings is 1. The van der Waals surface area contributed by atoms with Crippen molar-refractivity contribution < 1.29 is 0 Å². The van der Waals surface area contributed by atoms with Gasteiger partial charge in [0.15, 0.2) is 0 Å². The number of hydrogen-bond donors (Lipinski definition) is 1. The van der Waals surface area contributed by atoms with Gasteiger partial charge in [0.1, 0.15) is 0 Å². The van der Waals surface area contributed by atoms with Crippen LogP contribution in [0.5, 0.6) is 0 Å². The van der Waals surface area contributed by atoms with Gasteiger partial charge in [-0.3, -0.25) is 0 Å². The Bertz CT molecular complexity index is 273. The molecule has 0 aliphatic rings. The minimum absolute atomic E-state index is 0.148. The topological polar surface area (TPSA) is 26.0 Å². The van der Waals surface area contributed by atoms with E-state index in [0.717, 1.165) is 15.4 Å². The van der Waals surface area contributed by atoms with E-state index < -0.39 is 0 Å². The summed E-state index contributed by atoms with van der Waals surface area (Å²) in [7, 11) is 0. The maximum atomic E-state index is 5.88. The molecule has 0 saturated heterocycles. The lowest BCUT2D eigenvalue weighted by atomic mass is 10.1. The van der Waals surface area contributed by atoms with Crippen LogP contribution >= 0.6 is 31.9 Å². The van der Waals surface area contributed by atoms with E-state index in [-0.39, 0.29) is 6.04 Å². The van der Waals surface area contributed by atoms with Crippen LogP contribution in [-0.2, 0) is 0 Å². The highest BCUT2D eigenvalue weighted by molar-refractivity contribution is 9.13. The summed E-state index contributed by atoms with van der Waals surface area (Å²) in [5, 5.41) is 0. The van der Waals surface area contributed by atoms with Gasteiger partial charge in [-0.05, 0) is 56.0 Å². The van der Waals surface area contributed by atoms with Gasteiger partial charge in [-0.2, -0.15) is 0 Å². The van der Waals surface area contributed by atoms with Crippen molar-refractivity contribution in [1.29, 1.82) is 0 Å². The molecular formula is C9H11Br2N. The Morgan fingerprint density at radius 2 is 2.00 bits per heavy atom. The Morgan fingerprint density at radius 3 is 2.50 bits per heavy atom. The van der Waals surface area contributed by atoms with Crippen molar-refractivity contribution in [2.45, 2.75) is 19.4 Å². The molecule has 0 bridgehead atoms. The van der Waals surface area contributed by atoms with Gasteiger partial charge in [0, 0.05) is 15.0 Å². The molecule has 1 aromatic rings. The SMILES string of the molecule is CC[C@@H](N)c1ccc(Br)c(Br)c1. The number of nitrogens with two attached hydrogens (primary N) is 1. The zero-order chi connectivity index (χ0) is 9.14. The maximum absolute atomic E-state index is 5.88. The van der Waals surface area contributed by atoms with Crippen molar-refractivity contribution in [3.05, 3.63) is 32.7 Å². The fraction of sp³-hybridized carbons (Fsp3) is 0.333. The van der Waals surface area contributed by atoms with Gasteiger partial charge < -0.3 is 5.73 Å². The first-order valence-corrected chi connectivity index (χ1v) is 5.44. The zero-order valence-electron chi connectivity index (χ0n) is 6.85. The highest BCUT2D eigenvalue weighted by Gasteiger charge is 2.04. The van der Waals surface area contributed by atoms with E-state index in [4.69, 9.17) is 5.73 Å². The summed E-state index contributed by atoms with van der Waals surface area (Å²) in [5.74, 6) is 0. The Hall–Kier alpha value is 0.140. The molecule has 2 N–H and O–H groups in total. The van der Waals surface area contributed by atoms with Crippen molar-refractivity contribution in [3.63, 3.8) is 0 Å². The fourth-order valence-electron chi connectivity index (χ4n) is 0.979. The largest absolute Gasteiger partial charge is 0.324 e. The van der Waals surface area contributed by atoms with Gasteiger partial charge in [-0.15, -0.1) is 0 Å². The molecule has 66 valence electrons. The van der Waals surface area contributed by atoms with Crippen molar-refractivity contribution >= 4 is 31.9 Å². The molecule has 0 aliphatic heterocycles. The quantitative estimate of drug-likeness (QED) is 0.885. The minimum Gasteiger partial charge on any atom is -0.324 e. The predicted octanol–water partition coefficient (Wildman–Crippen LogP) is 3.62. The summed E-state index contributed by atoms with van der Waals surface area (Å²) in [6, 6.07) is 6.25. The second-order valence-corrected chi connectivity index (χ2v) is 4.40. The van der Waals surface area contributed by atoms with Crippen LogP contribution in [0, 0.1) is 0 Å². The molecule has 0 radical (unpaired) electrons. The molecule has 1 atom stereocenters. The lowest BCUT2D eigenvalue weighted by Crippen LogP contribution is -2.08. The Balaban J connectivity index is 2.96. The smallest absolute Gasteiger partial charge is 0.0320 e. The Kier molecular flexibility index (Phi) is 3.75. The van der Waals surface area contributed by atoms with Crippen LogP contribution in [0.1, 0.15) is 24.9 Å². The van der Waals surface area contributed by atoms with Crippen LogP contribution in [0.3, 0.4) is 0 Å². The van der Waals surface area contributed by atoms with Crippen LogP contribution < -0.4 is 5.73 Å². The van der Waals surface area contributed by atoms with E-state index in [1.54, 1.807) is 0 Å². The number of hydrogen-bond acceptors (Lipinski definition) is 1. The Morgan fingerprint density at radius 1 is 1.33 bits per heavy atom. The molecule has 0 aromatic heterocycles. The molecule has 0 heterocycles. The molecule has 0 amide bonds. The van der Waals surface area contributed by atoms with Crippen LogP contribution in [0.25, 0.3) is 0 Å². The van der Waals surface area contributed by atoms with Gasteiger partial charge in [-0.25, -0.2) is 0 Å². The van der Waals surface area contributed by atoms with E-state index >= 15 is 0 Å². The number of rotatable bonds is 2. The molecule has 0 aliphatic carbocycles. The highest BCUT2D eigenvalue weighted by atomic mass is 79.9. The molecule has 0 spiro atoms. The summed E-state index contributed by atoms with van der Waals surface area (Å²) in [6.45, 7) is 2.08. The molecular weight excluding hydrogens is 282 g/mol. The van der Waals surface area contributed by atoms with Gasteiger partial charge in [0.05, 0.1) is 0 Å². The minimum atomic E-state index is 0.148. The second kappa shape index (κ2) is 4.40. The third-order valence-corrected chi connectivity index (χ3v) is 3.69. The molecule has 1 aromatic carbocycles. The Labute approximate surface area is 89.6 Å². The van der Waals surface area contributed by atoms with Gasteiger partial charge in [-0.1, -0.05) is 13.0 Å². The molecule has 0 unspecified atom stereocenters. The molecule has 1 rings (SSSR count). The summed E-state index contributed by atoms with van der Waals surface area (Å²) >= 11 is 6.85. The first-order valence-electron chi connectivity index (χ1n) is 3.85. The lowest BCUT2D eigenvalue weighted by molar-refractivity contribution is 0.698. The summed E-state index contributed by atoms with van der Waals surface area (Å²) in [6.07, 6.45) is 0.966. The van der Waals surface area contributed by atoms with E-state index in [9.17, 15) is 0 Å². The maximum Gasteiger partial charge on any atom is 0.0320 e. The third kappa shape index (κ3) is 2.31. The normalized spacial score (nSPS) is 13.0. The van der Waals surface area contributed by atoms with Gasteiger partial charge in [0.25, 0.3) is 0 Å². The van der Waals surface area contributed by atoms with Crippen LogP contribution in [0.15, 0.2) is 27.1 Å². The third-order valence-electron chi connectivity index (χ3n) is 1.81. The number of halogens is 2. The lowest BCUT2D eigenvalue weighted by Gasteiger charge is -2.09. The van der Waals surface area contributed by atoms with E-state index in [1.807, 2.05) is 12.1 Å². The average Bonchev–Trinajstić information content (AvgIpc) is 2.08. The predicted molar refractivity (Wildman–Crippen MR) is 59.1 cm³/mol. The van der Waals surface area contributed by atoms with Crippen LogP contribution in [0.4, 0.5) is 0 Å². The zero-order valence-corrected chi connectivity index (χ0v) is 10.0. The first-order chi connectivity index (χ1) is 5.65. The first kappa shape index (κ1) is 10.2. The highest BCUT2D eigenvalue weighted by Crippen LogP contribution is 2.26. The molecule has 0 saturated carbocycles. The standard InChI is InChI=1S/C9H11Br2N/c1-2-9(12)6-3-4-7(10)8(11)5-6/h3-5,9H,2,12H2,1H3/t9-/m1/s1. The summed E-state index contributed by atoms with van der Waals surface area (Å²) < 4.78 is 2.12. The monoisotopic (exact) mass is 291 g/mol. The van der Waals surface area contributed by atoms with Crippen molar-refractivity contribution in [2.75, 3.05) is 0 Å². The second-order valence-electron chi connectivity index (χ2n) is 2.69. The van der Waals surface area contributed by atoms with E-state index in [0.29, 0.717) is 0 Å². The fourth-order valence-corrected chi connectivity index (χ4v) is 1.62. The molecule has 3 heteroatoms. The molecule has 1 nitrogen and oxygen atoms in total. The van der Waals surface area contributed by atoms with Crippen molar-refractivity contribution in [3.8, 4) is 0 Å². The van der Waals surface area contributed by atoms with Gasteiger partial charge >= 0.3 is 0 Å². The van der Waals surface area contributed by atoms with Crippen molar-refractivity contribution in [1.82, 2.24) is 0 Å². The van der Waals surface area contributed by atoms with Crippen LogP contribution in [0.2, 0.25) is 0 Å².